The molecule has 0 amide bonds. The van der Waals surface area contributed by atoms with Crippen LogP contribution in [0.2, 0.25) is 0 Å². The van der Waals surface area contributed by atoms with Crippen molar-refractivity contribution in [3.8, 4) is 0 Å². The van der Waals surface area contributed by atoms with Crippen molar-refractivity contribution in [2.45, 2.75) is 12.0 Å². The van der Waals surface area contributed by atoms with E-state index >= 15 is 0 Å². The van der Waals surface area contributed by atoms with Gasteiger partial charge in [0.25, 0.3) is 0 Å². The Labute approximate surface area is 291 Å². The van der Waals surface area contributed by atoms with Crippen LogP contribution in [0.25, 0.3) is 0 Å². The van der Waals surface area contributed by atoms with E-state index in [1.54, 1.807) is 0 Å². The minimum absolute atomic E-state index is 0.386. The number of nitrogens with one attached hydrogen (secondary N) is 2. The molecule has 2 atom stereocenters. The van der Waals surface area contributed by atoms with Crippen LogP contribution in [0.4, 0.5) is 11.4 Å². The largest absolute Gasteiger partial charge is 0.427 e. The van der Waals surface area contributed by atoms with Crippen molar-refractivity contribution >= 4 is 36.1 Å². The van der Waals surface area contributed by atoms with Crippen LogP contribution >= 0.6 is 0 Å². The second kappa shape index (κ2) is 18.5. The zero-order chi connectivity index (χ0) is 33.4. The summed E-state index contributed by atoms with van der Waals surface area (Å²) in [5, 5.41) is 6.97. The molecule has 2 unspecified atom stereocenters. The molecule has 6 aromatic carbocycles. The number of hydrogen-bond acceptors (Lipinski definition) is 5. The van der Waals surface area contributed by atoms with Gasteiger partial charge in [0.1, 0.15) is 0 Å². The van der Waals surface area contributed by atoms with Crippen LogP contribution in [0.5, 0.6) is 0 Å². The molecule has 0 heterocycles. The van der Waals surface area contributed by atoms with Crippen LogP contribution in [0.1, 0.15) is 23.1 Å². The Balaban J connectivity index is 1.32. The second-order valence-electron chi connectivity index (χ2n) is 11.8. The first-order valence-corrected chi connectivity index (χ1v) is 17.0. The van der Waals surface area contributed by atoms with Crippen LogP contribution in [0.15, 0.2) is 182 Å². The average Bonchev–Trinajstić information content (AvgIpc) is 3.18. The molecule has 49 heavy (non-hydrogen) atoms. The Hall–Kier alpha value is -5.07. The molecule has 0 saturated heterocycles. The molecule has 7 heteroatoms. The third-order valence-corrected chi connectivity index (χ3v) is 8.36. The van der Waals surface area contributed by atoms with Gasteiger partial charge in [-0.25, -0.2) is 0 Å². The predicted molar refractivity (Wildman–Crippen MR) is 205 cm³/mol. The van der Waals surface area contributed by atoms with Crippen LogP contribution in [-0.4, -0.2) is 40.1 Å². The Bertz CT molecular complexity index is 1620. The molecule has 0 radical (unpaired) electrons. The Morgan fingerprint density at radius 3 is 1.04 bits per heavy atom. The van der Waals surface area contributed by atoms with Gasteiger partial charge in [0.2, 0.25) is 0 Å². The lowest BCUT2D eigenvalue weighted by Crippen LogP contribution is -2.47. The number of ether oxygens (including phenoxy) is 1. The highest BCUT2D eigenvalue weighted by molar-refractivity contribution is 6.69. The zero-order valence-corrected chi connectivity index (χ0v) is 27.7. The molecule has 5 nitrogen and oxygen atoms in total. The van der Waals surface area contributed by atoms with E-state index in [2.05, 4.69) is 132 Å². The van der Waals surface area contributed by atoms with E-state index in [0.29, 0.717) is 26.3 Å². The third kappa shape index (κ3) is 9.97. The maximum absolute atomic E-state index is 7.40. The van der Waals surface area contributed by atoms with Crippen molar-refractivity contribution in [1.82, 2.24) is 0 Å². The number of para-hydroxylation sites is 2. The molecule has 6 rings (SSSR count). The van der Waals surface area contributed by atoms with E-state index in [1.165, 1.54) is 0 Å². The van der Waals surface area contributed by atoms with Crippen molar-refractivity contribution in [1.29, 1.82) is 0 Å². The van der Waals surface area contributed by atoms with Crippen molar-refractivity contribution < 1.29 is 14.0 Å². The Morgan fingerprint density at radius 1 is 0.388 bits per heavy atom. The van der Waals surface area contributed by atoms with Gasteiger partial charge in [0, 0.05) is 37.7 Å². The first-order chi connectivity index (χ1) is 24.3. The Kier molecular flexibility index (Phi) is 12.7. The summed E-state index contributed by atoms with van der Waals surface area (Å²) < 4.78 is 21.0. The quantitative estimate of drug-likeness (QED) is 0.0745. The highest BCUT2D eigenvalue weighted by atomic mass is 16.5. The molecule has 0 bridgehead atoms. The van der Waals surface area contributed by atoms with Crippen molar-refractivity contribution in [3.05, 3.63) is 193 Å². The van der Waals surface area contributed by atoms with Gasteiger partial charge in [-0.3, -0.25) is 0 Å². The van der Waals surface area contributed by atoms with Gasteiger partial charge in [0.05, 0.1) is 12.0 Å². The lowest BCUT2D eigenvalue weighted by atomic mass is 9.51. The molecule has 0 aliphatic rings. The molecule has 0 fully saturated rings. The number of hydrogen-bond donors (Lipinski definition) is 2. The summed E-state index contributed by atoms with van der Waals surface area (Å²) in [7, 11) is 0. The second-order valence-corrected chi connectivity index (χ2v) is 11.8. The summed E-state index contributed by atoms with van der Waals surface area (Å²) in [6, 6.07) is 61.1. The summed E-state index contributed by atoms with van der Waals surface area (Å²) in [6.07, 6.45) is 0. The molecule has 0 aliphatic heterocycles. The lowest BCUT2D eigenvalue weighted by Gasteiger charge is -2.33. The monoisotopic (exact) mass is 644 g/mol. The van der Waals surface area contributed by atoms with Gasteiger partial charge in [-0.2, -0.15) is 0 Å². The first-order valence-electron chi connectivity index (χ1n) is 17.0. The van der Waals surface area contributed by atoms with Gasteiger partial charge < -0.3 is 24.7 Å². The number of rotatable bonds is 18. The van der Waals surface area contributed by atoms with E-state index in [1.807, 2.05) is 60.7 Å². The summed E-state index contributed by atoms with van der Waals surface area (Å²) in [5.41, 5.74) is 6.29. The lowest BCUT2D eigenvalue weighted by molar-refractivity contribution is 0.0513. The fourth-order valence-corrected chi connectivity index (χ4v) is 5.97. The molecule has 2 N–H and O–H groups in total. The minimum Gasteiger partial charge on any atom is -0.427 e. The fourth-order valence-electron chi connectivity index (χ4n) is 5.97. The highest BCUT2D eigenvalue weighted by Crippen LogP contribution is 2.32. The number of benzene rings is 6. The van der Waals surface area contributed by atoms with Crippen LogP contribution in [0, 0.1) is 0 Å². The highest BCUT2D eigenvalue weighted by Gasteiger charge is 2.39. The van der Waals surface area contributed by atoms with Gasteiger partial charge in [-0.15, -0.1) is 0 Å². The van der Waals surface area contributed by atoms with Crippen LogP contribution in [0.3, 0.4) is 0 Å². The molecule has 0 aromatic heterocycles. The normalized spacial score (nSPS) is 12.1. The topological polar surface area (TPSA) is 51.8 Å². The molecular weight excluding hydrogens is 602 g/mol. The molecule has 0 saturated carbocycles. The van der Waals surface area contributed by atoms with Gasteiger partial charge in [-0.1, -0.05) is 158 Å². The van der Waals surface area contributed by atoms with Crippen LogP contribution < -0.4 is 21.6 Å². The van der Waals surface area contributed by atoms with Crippen molar-refractivity contribution in [3.63, 3.8) is 0 Å². The van der Waals surface area contributed by atoms with Gasteiger partial charge in [-0.05, 0) is 46.3 Å². The average molecular weight is 644 g/mol. The van der Waals surface area contributed by atoms with E-state index < -0.39 is 12.0 Å². The molecule has 6 aromatic rings. The van der Waals surface area contributed by atoms with E-state index in [9.17, 15) is 0 Å². The van der Waals surface area contributed by atoms with Gasteiger partial charge in [0.15, 0.2) is 0 Å². The van der Waals surface area contributed by atoms with E-state index in [4.69, 9.17) is 14.0 Å². The third-order valence-electron chi connectivity index (χ3n) is 8.36. The summed E-state index contributed by atoms with van der Waals surface area (Å²) >= 11 is 0. The molecule has 0 spiro atoms. The fraction of sp³-hybridized carbons (Fsp3) is 0.143. The predicted octanol–water partition coefficient (Wildman–Crippen LogP) is 7.62. The van der Waals surface area contributed by atoms with E-state index in [-0.39, 0.29) is 13.8 Å². The first kappa shape index (κ1) is 33.8. The number of anilines is 2. The van der Waals surface area contributed by atoms with Crippen LogP contribution in [-0.2, 0) is 14.0 Å². The Morgan fingerprint density at radius 2 is 0.694 bits per heavy atom. The molecule has 0 aliphatic carbocycles. The van der Waals surface area contributed by atoms with E-state index in [0.717, 1.165) is 33.4 Å². The van der Waals surface area contributed by atoms with Crippen molar-refractivity contribution in [2.24, 2.45) is 0 Å². The van der Waals surface area contributed by atoms with Gasteiger partial charge >= 0.3 is 13.8 Å². The molecular formula is C42H42B2N2O3. The standard InChI is InChI=1S/C42H42B2N2O3/c1-7-19-35(20-8-1)41(43(37-23-11-3-12-24-37)47-33-31-45-39-27-15-5-16-28-39)49-42(36-21-9-2-10-22-36)44(38-25-13-4-14-26-38)48-34-32-46-40-29-17-6-18-30-40/h1-30,41-42,45-46H,31-34H2. The smallest absolute Gasteiger partial charge is 0.361 e. The summed E-state index contributed by atoms with van der Waals surface area (Å²) in [6.45, 7) is 1.51. The molecule has 244 valence electrons. The van der Waals surface area contributed by atoms with Crippen molar-refractivity contribution in [2.75, 3.05) is 36.9 Å². The SMILES string of the molecule is c1ccc(NCCOB(c2ccccc2)C(OC(B(OCCNc2ccccc2)c2ccccc2)c2ccccc2)c2ccccc2)cc1. The zero-order valence-electron chi connectivity index (χ0n) is 27.7. The summed E-state index contributed by atoms with van der Waals surface area (Å²) in [5.74, 6) is 0. The minimum atomic E-state index is -0.442. The maximum Gasteiger partial charge on any atom is 0.361 e. The summed E-state index contributed by atoms with van der Waals surface area (Å²) in [4.78, 5) is 0. The maximum atomic E-state index is 7.40.